The zero-order valence-corrected chi connectivity index (χ0v) is 11.7. The van der Waals surface area contributed by atoms with Gasteiger partial charge in [-0.05, 0) is 37.7 Å². The van der Waals surface area contributed by atoms with E-state index in [0.29, 0.717) is 4.90 Å². The molecule has 1 atom stereocenters. The van der Waals surface area contributed by atoms with E-state index in [0.717, 1.165) is 37.0 Å². The molecular weight excluding hydrogens is 252 g/mol. The number of rotatable bonds is 2. The summed E-state index contributed by atoms with van der Waals surface area (Å²) in [6.45, 7) is 1.97. The van der Waals surface area contributed by atoms with Crippen LogP contribution in [0.3, 0.4) is 0 Å². The van der Waals surface area contributed by atoms with E-state index in [1.807, 2.05) is 19.1 Å². The van der Waals surface area contributed by atoms with Crippen molar-refractivity contribution in [2.45, 2.75) is 42.1 Å². The lowest BCUT2D eigenvalue weighted by Gasteiger charge is -2.14. The van der Waals surface area contributed by atoms with Crippen LogP contribution in [0.4, 0.5) is 0 Å². The minimum absolute atomic E-state index is 0.243. The summed E-state index contributed by atoms with van der Waals surface area (Å²) in [5.41, 5.74) is 1.09. The fourth-order valence-electron chi connectivity index (χ4n) is 2.01. The normalized spacial score (nSPS) is 22.1. The second-order valence-corrected chi connectivity index (χ2v) is 8.25. The van der Waals surface area contributed by atoms with Gasteiger partial charge in [0.05, 0.1) is 4.90 Å². The van der Waals surface area contributed by atoms with Gasteiger partial charge in [0.15, 0.2) is 9.84 Å². The smallest absolute Gasteiger partial charge is 0.190 e. The summed E-state index contributed by atoms with van der Waals surface area (Å²) < 4.78 is 24.6. The molecule has 1 aliphatic heterocycles. The summed E-state index contributed by atoms with van der Waals surface area (Å²) >= 11 is 1.60. The summed E-state index contributed by atoms with van der Waals surface area (Å²) in [5, 5.41) is 0. The van der Waals surface area contributed by atoms with Gasteiger partial charge in [0.2, 0.25) is 0 Å². The molecule has 1 heterocycles. The molecule has 94 valence electrons. The van der Waals surface area contributed by atoms with E-state index in [-0.39, 0.29) is 4.58 Å². The Morgan fingerprint density at radius 3 is 2.53 bits per heavy atom. The summed E-state index contributed by atoms with van der Waals surface area (Å²) in [4.78, 5) is 0.475. The van der Waals surface area contributed by atoms with E-state index < -0.39 is 9.84 Å². The Hall–Kier alpha value is -0.480. The third-order valence-corrected chi connectivity index (χ3v) is 7.24. The number of sulfone groups is 1. The van der Waals surface area contributed by atoms with Gasteiger partial charge < -0.3 is 0 Å². The minimum atomic E-state index is -3.14. The van der Waals surface area contributed by atoms with Crippen LogP contribution in [-0.2, 0) is 9.84 Å². The van der Waals surface area contributed by atoms with Crippen LogP contribution in [0.1, 0.15) is 31.2 Å². The van der Waals surface area contributed by atoms with Gasteiger partial charge in [-0.2, -0.15) is 0 Å². The highest BCUT2D eigenvalue weighted by Gasteiger charge is 2.28. The third-order valence-electron chi connectivity index (χ3n) is 3.08. The minimum Gasteiger partial charge on any atom is -0.223 e. The Balaban J connectivity index is 2.25. The highest BCUT2D eigenvalue weighted by Crippen LogP contribution is 2.32. The molecule has 1 unspecified atom stereocenters. The van der Waals surface area contributed by atoms with Crippen molar-refractivity contribution < 1.29 is 8.42 Å². The predicted molar refractivity (Wildman–Crippen MR) is 73.1 cm³/mol. The van der Waals surface area contributed by atoms with E-state index in [1.54, 1.807) is 23.9 Å². The molecule has 0 spiro atoms. The Morgan fingerprint density at radius 2 is 1.82 bits per heavy atom. The first kappa shape index (κ1) is 13.0. The fraction of sp³-hybridized carbons (Fsp3) is 0.538. The molecule has 0 radical (unpaired) electrons. The molecule has 0 saturated carbocycles. The van der Waals surface area contributed by atoms with Crippen molar-refractivity contribution in [3.05, 3.63) is 29.8 Å². The number of hydrogen-bond donors (Lipinski definition) is 0. The quantitative estimate of drug-likeness (QED) is 0.826. The van der Waals surface area contributed by atoms with Gasteiger partial charge in [-0.15, -0.1) is 11.8 Å². The van der Waals surface area contributed by atoms with E-state index in [1.165, 1.54) is 0 Å². The van der Waals surface area contributed by atoms with Gasteiger partial charge in [-0.25, -0.2) is 8.42 Å². The van der Waals surface area contributed by atoms with Gasteiger partial charge in [-0.3, -0.25) is 0 Å². The predicted octanol–water partition coefficient (Wildman–Crippen LogP) is 3.40. The van der Waals surface area contributed by atoms with Crippen LogP contribution in [0.15, 0.2) is 29.2 Å². The van der Waals surface area contributed by atoms with Crippen molar-refractivity contribution in [2.24, 2.45) is 0 Å². The molecule has 0 bridgehead atoms. The molecular formula is C13H18O2S2. The van der Waals surface area contributed by atoms with Gasteiger partial charge in [0.1, 0.15) is 4.58 Å². The Kier molecular flexibility index (Phi) is 4.15. The van der Waals surface area contributed by atoms with Gasteiger partial charge >= 0.3 is 0 Å². The van der Waals surface area contributed by atoms with Crippen molar-refractivity contribution in [3.8, 4) is 0 Å². The first-order valence-electron chi connectivity index (χ1n) is 6.03. The fourth-order valence-corrected chi connectivity index (χ4v) is 5.61. The first-order chi connectivity index (χ1) is 8.10. The monoisotopic (exact) mass is 270 g/mol. The molecule has 2 rings (SSSR count). The van der Waals surface area contributed by atoms with Crippen LogP contribution in [-0.4, -0.2) is 18.8 Å². The van der Waals surface area contributed by atoms with Gasteiger partial charge in [0.25, 0.3) is 0 Å². The largest absolute Gasteiger partial charge is 0.223 e. The lowest BCUT2D eigenvalue weighted by atomic mass is 10.2. The van der Waals surface area contributed by atoms with Crippen LogP contribution in [0.2, 0.25) is 0 Å². The average Bonchev–Trinajstić information content (AvgIpc) is 2.58. The molecule has 1 aromatic carbocycles. The van der Waals surface area contributed by atoms with E-state index in [2.05, 4.69) is 0 Å². The molecule has 1 aliphatic rings. The number of hydrogen-bond acceptors (Lipinski definition) is 3. The summed E-state index contributed by atoms with van der Waals surface area (Å²) in [5.74, 6) is 0.968. The van der Waals surface area contributed by atoms with Crippen LogP contribution in [0.25, 0.3) is 0 Å². The summed E-state index contributed by atoms with van der Waals surface area (Å²) in [7, 11) is -3.14. The molecule has 17 heavy (non-hydrogen) atoms. The molecule has 1 fully saturated rings. The Morgan fingerprint density at radius 1 is 1.12 bits per heavy atom. The van der Waals surface area contributed by atoms with Crippen molar-refractivity contribution >= 4 is 21.6 Å². The number of thioether (sulfide) groups is 1. The number of benzene rings is 1. The lowest BCUT2D eigenvalue weighted by Crippen LogP contribution is -2.17. The Labute approximate surface area is 108 Å². The standard InChI is InChI=1S/C13H18O2S2/c1-11-6-8-12(9-7-11)17(14,15)13-5-3-2-4-10-16-13/h6-9,13H,2-5,10H2,1H3. The third kappa shape index (κ3) is 3.05. The van der Waals surface area contributed by atoms with Gasteiger partial charge in [-0.1, -0.05) is 30.5 Å². The zero-order valence-electron chi connectivity index (χ0n) is 10.1. The van der Waals surface area contributed by atoms with Crippen molar-refractivity contribution in [1.29, 1.82) is 0 Å². The number of aryl methyl sites for hydroxylation is 1. The molecule has 1 saturated heterocycles. The molecule has 4 heteroatoms. The maximum Gasteiger partial charge on any atom is 0.190 e. The molecule has 0 N–H and O–H groups in total. The zero-order chi connectivity index (χ0) is 12.3. The van der Waals surface area contributed by atoms with E-state index in [9.17, 15) is 8.42 Å². The first-order valence-corrected chi connectivity index (χ1v) is 8.62. The van der Waals surface area contributed by atoms with Crippen LogP contribution < -0.4 is 0 Å². The van der Waals surface area contributed by atoms with Crippen LogP contribution >= 0.6 is 11.8 Å². The second-order valence-electron chi connectivity index (χ2n) is 4.51. The van der Waals surface area contributed by atoms with Crippen molar-refractivity contribution in [3.63, 3.8) is 0 Å². The maximum atomic E-state index is 12.4. The lowest BCUT2D eigenvalue weighted by molar-refractivity contribution is 0.586. The van der Waals surface area contributed by atoms with Crippen LogP contribution in [0, 0.1) is 6.92 Å². The average molecular weight is 270 g/mol. The SMILES string of the molecule is Cc1ccc(S(=O)(=O)C2CCCCCS2)cc1. The van der Waals surface area contributed by atoms with Crippen LogP contribution in [0.5, 0.6) is 0 Å². The Bertz CT molecular complexity index is 455. The topological polar surface area (TPSA) is 34.1 Å². The molecule has 0 aliphatic carbocycles. The molecule has 2 nitrogen and oxygen atoms in total. The highest BCUT2D eigenvalue weighted by atomic mass is 32.3. The van der Waals surface area contributed by atoms with Crippen molar-refractivity contribution in [1.82, 2.24) is 0 Å². The van der Waals surface area contributed by atoms with Gasteiger partial charge in [0, 0.05) is 0 Å². The van der Waals surface area contributed by atoms with E-state index >= 15 is 0 Å². The maximum absolute atomic E-state index is 12.4. The van der Waals surface area contributed by atoms with Crippen molar-refractivity contribution in [2.75, 3.05) is 5.75 Å². The summed E-state index contributed by atoms with van der Waals surface area (Å²) in [6, 6.07) is 7.20. The highest BCUT2D eigenvalue weighted by molar-refractivity contribution is 8.13. The molecule has 0 aromatic heterocycles. The molecule has 1 aromatic rings. The summed E-state index contributed by atoms with van der Waals surface area (Å²) in [6.07, 6.45) is 4.13. The second kappa shape index (κ2) is 5.44. The molecule has 0 amide bonds. The van der Waals surface area contributed by atoms with E-state index in [4.69, 9.17) is 0 Å².